The van der Waals surface area contributed by atoms with Crippen LogP contribution in [0.25, 0.3) is 0 Å². The molecule has 0 aliphatic heterocycles. The Bertz CT molecular complexity index is 436. The predicted octanol–water partition coefficient (Wildman–Crippen LogP) is 1.37. The van der Waals surface area contributed by atoms with Crippen LogP contribution in [0.4, 0.5) is 0 Å². The van der Waals surface area contributed by atoms with Gasteiger partial charge in [0.1, 0.15) is 18.1 Å². The first-order valence-electron chi connectivity index (χ1n) is 6.86. The first-order chi connectivity index (χ1) is 10.2. The molecule has 1 aromatic carbocycles. The number of hydrogen-bond donors (Lipinski definition) is 1. The highest BCUT2D eigenvalue weighted by molar-refractivity contribution is 5.70. The van der Waals surface area contributed by atoms with Crippen molar-refractivity contribution in [2.24, 2.45) is 0 Å². The molecule has 0 aliphatic rings. The van der Waals surface area contributed by atoms with E-state index < -0.39 is 0 Å². The summed E-state index contributed by atoms with van der Waals surface area (Å²) in [5.74, 6) is 1.19. The van der Waals surface area contributed by atoms with Crippen molar-refractivity contribution in [3.63, 3.8) is 0 Å². The van der Waals surface area contributed by atoms with E-state index in [2.05, 4.69) is 5.32 Å². The van der Waals surface area contributed by atoms with E-state index in [-0.39, 0.29) is 12.6 Å². The lowest BCUT2D eigenvalue weighted by Gasteiger charge is -2.11. The zero-order valence-electron chi connectivity index (χ0n) is 12.8. The Morgan fingerprint density at radius 2 is 2.05 bits per heavy atom. The number of carbonyl (C=O) groups excluding carboxylic acids is 1. The molecule has 1 aromatic rings. The molecular formula is C15H23NO5. The Kier molecular flexibility index (Phi) is 8.23. The third kappa shape index (κ3) is 6.46. The summed E-state index contributed by atoms with van der Waals surface area (Å²) in [6, 6.07) is 5.68. The number of ether oxygens (including phenoxy) is 4. The lowest BCUT2D eigenvalue weighted by molar-refractivity contribution is -0.148. The van der Waals surface area contributed by atoms with Crippen LogP contribution in [0, 0.1) is 0 Å². The van der Waals surface area contributed by atoms with Crippen molar-refractivity contribution in [3.05, 3.63) is 23.8 Å². The largest absolute Gasteiger partial charge is 0.497 e. The van der Waals surface area contributed by atoms with Crippen molar-refractivity contribution in [1.82, 2.24) is 5.32 Å². The minimum Gasteiger partial charge on any atom is -0.497 e. The maximum atomic E-state index is 11.0. The standard InChI is InChI=1S/C15H23NO5/c1-4-21-15(17)11-20-8-7-16-10-12-5-6-13(18-2)9-14(12)19-3/h5-6,9,16H,4,7-8,10-11H2,1-3H3. The van der Waals surface area contributed by atoms with Crippen LogP contribution in [0.15, 0.2) is 18.2 Å². The smallest absolute Gasteiger partial charge is 0.332 e. The summed E-state index contributed by atoms with van der Waals surface area (Å²) in [5.41, 5.74) is 1.03. The number of benzene rings is 1. The minimum absolute atomic E-state index is 0.0125. The molecule has 118 valence electrons. The second-order valence-electron chi connectivity index (χ2n) is 4.21. The van der Waals surface area contributed by atoms with Crippen molar-refractivity contribution in [3.8, 4) is 11.5 Å². The Morgan fingerprint density at radius 1 is 1.24 bits per heavy atom. The topological polar surface area (TPSA) is 66.0 Å². The van der Waals surface area contributed by atoms with Gasteiger partial charge in [0.2, 0.25) is 0 Å². The molecule has 0 heterocycles. The number of rotatable bonds is 10. The summed E-state index contributed by atoms with van der Waals surface area (Å²) >= 11 is 0. The molecule has 1 rings (SSSR count). The van der Waals surface area contributed by atoms with E-state index in [1.54, 1.807) is 21.1 Å². The van der Waals surface area contributed by atoms with Gasteiger partial charge >= 0.3 is 5.97 Å². The fraction of sp³-hybridized carbons (Fsp3) is 0.533. The summed E-state index contributed by atoms with van der Waals surface area (Å²) in [6.45, 7) is 3.85. The van der Waals surface area contributed by atoms with Crippen molar-refractivity contribution in [2.45, 2.75) is 13.5 Å². The highest BCUT2D eigenvalue weighted by Gasteiger charge is 2.05. The molecule has 21 heavy (non-hydrogen) atoms. The third-order valence-electron chi connectivity index (χ3n) is 2.76. The van der Waals surface area contributed by atoms with Crippen molar-refractivity contribution >= 4 is 5.97 Å². The molecule has 0 unspecified atom stereocenters. The zero-order valence-corrected chi connectivity index (χ0v) is 12.8. The van der Waals surface area contributed by atoms with Crippen LogP contribution in [0.2, 0.25) is 0 Å². The van der Waals surface area contributed by atoms with Crippen LogP contribution < -0.4 is 14.8 Å². The quantitative estimate of drug-likeness (QED) is 0.520. The molecule has 1 N–H and O–H groups in total. The highest BCUT2D eigenvalue weighted by atomic mass is 16.6. The number of esters is 1. The van der Waals surface area contributed by atoms with E-state index in [1.807, 2.05) is 18.2 Å². The van der Waals surface area contributed by atoms with Crippen LogP contribution in [0.3, 0.4) is 0 Å². The average molecular weight is 297 g/mol. The van der Waals surface area contributed by atoms with Gasteiger partial charge in [-0.1, -0.05) is 6.07 Å². The van der Waals surface area contributed by atoms with E-state index in [4.69, 9.17) is 18.9 Å². The Labute approximate surface area is 125 Å². The van der Waals surface area contributed by atoms with Gasteiger partial charge in [-0.05, 0) is 13.0 Å². The predicted molar refractivity (Wildman–Crippen MR) is 78.7 cm³/mol. The summed E-state index contributed by atoms with van der Waals surface area (Å²) < 4.78 is 20.4. The normalized spacial score (nSPS) is 10.2. The third-order valence-corrected chi connectivity index (χ3v) is 2.76. The van der Waals surface area contributed by atoms with Crippen LogP contribution in [0.1, 0.15) is 12.5 Å². The summed E-state index contributed by atoms with van der Waals surface area (Å²) in [6.07, 6.45) is 0. The molecule has 6 nitrogen and oxygen atoms in total. The molecule has 0 amide bonds. The molecule has 0 saturated heterocycles. The Morgan fingerprint density at radius 3 is 2.71 bits per heavy atom. The van der Waals surface area contributed by atoms with Crippen molar-refractivity contribution in [1.29, 1.82) is 0 Å². The first-order valence-corrected chi connectivity index (χ1v) is 6.86. The number of hydrogen-bond acceptors (Lipinski definition) is 6. The average Bonchev–Trinajstić information content (AvgIpc) is 2.51. The van der Waals surface area contributed by atoms with Gasteiger partial charge in [-0.15, -0.1) is 0 Å². The molecule has 0 aliphatic carbocycles. The van der Waals surface area contributed by atoms with E-state index in [0.29, 0.717) is 26.3 Å². The first kappa shape index (κ1) is 17.3. The van der Waals surface area contributed by atoms with Crippen LogP contribution in [0.5, 0.6) is 11.5 Å². The summed E-state index contributed by atoms with van der Waals surface area (Å²) in [5, 5.41) is 3.22. The number of methoxy groups -OCH3 is 2. The van der Waals surface area contributed by atoms with Gasteiger partial charge in [-0.25, -0.2) is 4.79 Å². The summed E-state index contributed by atoms with van der Waals surface area (Å²) in [4.78, 5) is 11.0. The van der Waals surface area contributed by atoms with E-state index in [1.165, 1.54) is 0 Å². The van der Waals surface area contributed by atoms with Gasteiger partial charge in [-0.2, -0.15) is 0 Å². The van der Waals surface area contributed by atoms with Gasteiger partial charge in [0, 0.05) is 24.7 Å². The fourth-order valence-electron chi connectivity index (χ4n) is 1.72. The lowest BCUT2D eigenvalue weighted by Crippen LogP contribution is -2.22. The fourth-order valence-corrected chi connectivity index (χ4v) is 1.72. The second kappa shape index (κ2) is 10.0. The molecule has 0 fully saturated rings. The van der Waals surface area contributed by atoms with Gasteiger partial charge in [0.15, 0.2) is 0 Å². The highest BCUT2D eigenvalue weighted by Crippen LogP contribution is 2.24. The molecule has 6 heteroatoms. The monoisotopic (exact) mass is 297 g/mol. The van der Waals surface area contributed by atoms with Crippen LogP contribution in [-0.4, -0.2) is 46.6 Å². The maximum Gasteiger partial charge on any atom is 0.332 e. The Balaban J connectivity index is 2.25. The molecule has 0 aromatic heterocycles. The van der Waals surface area contributed by atoms with Crippen LogP contribution >= 0.6 is 0 Å². The molecule has 0 bridgehead atoms. The maximum absolute atomic E-state index is 11.0. The van der Waals surface area contributed by atoms with Gasteiger partial charge in [-0.3, -0.25) is 0 Å². The molecule has 0 spiro atoms. The Hall–Kier alpha value is -1.79. The van der Waals surface area contributed by atoms with Crippen LogP contribution in [-0.2, 0) is 20.8 Å². The molecule has 0 radical (unpaired) electrons. The van der Waals surface area contributed by atoms with E-state index >= 15 is 0 Å². The lowest BCUT2D eigenvalue weighted by atomic mass is 10.2. The molecule has 0 atom stereocenters. The minimum atomic E-state index is -0.339. The van der Waals surface area contributed by atoms with Gasteiger partial charge < -0.3 is 24.3 Å². The van der Waals surface area contributed by atoms with E-state index in [9.17, 15) is 4.79 Å². The van der Waals surface area contributed by atoms with E-state index in [0.717, 1.165) is 17.1 Å². The SMILES string of the molecule is CCOC(=O)COCCNCc1ccc(OC)cc1OC. The van der Waals surface area contributed by atoms with Crippen molar-refractivity contribution in [2.75, 3.05) is 40.6 Å². The van der Waals surface area contributed by atoms with Gasteiger partial charge in [0.05, 0.1) is 27.4 Å². The van der Waals surface area contributed by atoms with Gasteiger partial charge in [0.25, 0.3) is 0 Å². The molecular weight excluding hydrogens is 274 g/mol. The number of nitrogens with one attached hydrogen (secondary N) is 1. The zero-order chi connectivity index (χ0) is 15.5. The summed E-state index contributed by atoms with van der Waals surface area (Å²) in [7, 11) is 3.24. The second-order valence-corrected chi connectivity index (χ2v) is 4.21. The number of carbonyl (C=O) groups is 1. The van der Waals surface area contributed by atoms with Crippen molar-refractivity contribution < 1.29 is 23.7 Å². The molecule has 0 saturated carbocycles.